The van der Waals surface area contributed by atoms with E-state index >= 15 is 0 Å². The first-order valence-electron chi connectivity index (χ1n) is 4.72. The zero-order chi connectivity index (χ0) is 11.4. The second-order valence-electron chi connectivity index (χ2n) is 2.94. The van der Waals surface area contributed by atoms with E-state index in [-0.39, 0.29) is 5.48 Å². The Labute approximate surface area is 91.2 Å². The zero-order valence-corrected chi connectivity index (χ0v) is 9.83. The van der Waals surface area contributed by atoms with E-state index in [0.717, 1.165) is 6.42 Å². The monoisotopic (exact) mass is 246 g/mol. The van der Waals surface area contributed by atoms with Gasteiger partial charge in [-0.3, -0.25) is 9.11 Å². The summed E-state index contributed by atoms with van der Waals surface area (Å²) in [4.78, 5) is 0. The van der Waals surface area contributed by atoms with Crippen molar-refractivity contribution in [2.75, 3.05) is 6.61 Å². The average molecular weight is 246 g/mol. The van der Waals surface area contributed by atoms with E-state index in [9.17, 15) is 0 Å². The van der Waals surface area contributed by atoms with Crippen LogP contribution in [0.3, 0.4) is 0 Å². The van der Waals surface area contributed by atoms with Crippen molar-refractivity contribution < 1.29 is 28.1 Å². The molecular formula is C8H22O6S. The van der Waals surface area contributed by atoms with E-state index < -0.39 is 10.4 Å². The van der Waals surface area contributed by atoms with Gasteiger partial charge in [-0.05, 0) is 6.42 Å². The highest BCUT2D eigenvalue weighted by atomic mass is 32.3. The molecule has 0 amide bonds. The summed E-state index contributed by atoms with van der Waals surface area (Å²) in [6.45, 7) is 2.58. The summed E-state index contributed by atoms with van der Waals surface area (Å²) in [7, 11) is -4.67. The Morgan fingerprint density at radius 3 is 1.60 bits per heavy atom. The van der Waals surface area contributed by atoms with Crippen molar-refractivity contribution in [1.82, 2.24) is 0 Å². The first-order valence-corrected chi connectivity index (χ1v) is 6.12. The summed E-state index contributed by atoms with van der Waals surface area (Å²) in [5.74, 6) is 0. The second kappa shape index (κ2) is 13.8. The Kier molecular flexibility index (Phi) is 18.6. The molecule has 0 fully saturated rings. The summed E-state index contributed by atoms with van der Waals surface area (Å²) in [6, 6.07) is 0. The van der Waals surface area contributed by atoms with E-state index in [1.807, 2.05) is 0 Å². The van der Waals surface area contributed by atoms with Gasteiger partial charge in [-0.15, -0.1) is 0 Å². The van der Waals surface area contributed by atoms with Gasteiger partial charge in [-0.2, -0.15) is 8.42 Å². The summed E-state index contributed by atoms with van der Waals surface area (Å²) < 4.78 is 31.6. The predicted molar refractivity (Wildman–Crippen MR) is 58.3 cm³/mol. The van der Waals surface area contributed by atoms with Crippen LogP contribution in [0, 0.1) is 0 Å². The molecule has 0 unspecified atom stereocenters. The van der Waals surface area contributed by atoms with Gasteiger partial charge < -0.3 is 10.6 Å². The van der Waals surface area contributed by atoms with Gasteiger partial charge >= 0.3 is 10.4 Å². The van der Waals surface area contributed by atoms with Crippen LogP contribution < -0.4 is 0 Å². The molecule has 0 radical (unpaired) electrons. The fraction of sp³-hybridized carbons (Fsp3) is 1.00. The van der Waals surface area contributed by atoms with Crippen molar-refractivity contribution in [3.63, 3.8) is 0 Å². The number of hydrogen-bond acceptors (Lipinski definition) is 3. The minimum Gasteiger partial charge on any atom is -0.412 e. The molecule has 0 aromatic carbocycles. The lowest BCUT2D eigenvalue weighted by Gasteiger charge is -1.95. The Morgan fingerprint density at radius 1 is 0.933 bits per heavy atom. The molecule has 0 bridgehead atoms. The molecule has 0 rings (SSSR count). The molecule has 0 aliphatic carbocycles. The third-order valence-corrected chi connectivity index (χ3v) is 1.51. The number of rotatable bonds is 6. The summed E-state index contributed by atoms with van der Waals surface area (Å²) in [5, 5.41) is 8.42. The molecule has 15 heavy (non-hydrogen) atoms. The molecule has 0 heterocycles. The molecule has 7 heteroatoms. The van der Waals surface area contributed by atoms with Gasteiger partial charge in [0.25, 0.3) is 0 Å². The molecule has 0 saturated heterocycles. The number of aliphatic hydroxyl groups excluding tert-OH is 1. The van der Waals surface area contributed by atoms with Crippen molar-refractivity contribution >= 4 is 10.4 Å². The average Bonchev–Trinajstić information content (AvgIpc) is 2.01. The van der Waals surface area contributed by atoms with E-state index in [1.165, 1.54) is 32.1 Å². The summed E-state index contributed by atoms with van der Waals surface area (Å²) >= 11 is 0. The van der Waals surface area contributed by atoms with Gasteiger partial charge in [0.15, 0.2) is 0 Å². The Bertz CT molecular complexity index is 175. The molecule has 0 aliphatic rings. The molecule has 0 atom stereocenters. The molecule has 0 spiro atoms. The van der Waals surface area contributed by atoms with Crippen LogP contribution in [-0.4, -0.2) is 34.7 Å². The van der Waals surface area contributed by atoms with Crippen LogP contribution in [0.15, 0.2) is 0 Å². The van der Waals surface area contributed by atoms with Crippen LogP contribution in [0.5, 0.6) is 0 Å². The van der Waals surface area contributed by atoms with Gasteiger partial charge in [-0.25, -0.2) is 0 Å². The molecule has 0 aromatic heterocycles. The Morgan fingerprint density at radius 2 is 1.27 bits per heavy atom. The molecule has 0 aliphatic heterocycles. The van der Waals surface area contributed by atoms with E-state index in [0.29, 0.717) is 6.61 Å². The van der Waals surface area contributed by atoms with Crippen LogP contribution in [0.1, 0.15) is 45.4 Å². The maximum Gasteiger partial charge on any atom is 0.394 e. The summed E-state index contributed by atoms with van der Waals surface area (Å²) in [6.07, 6.45) is 7.50. The van der Waals surface area contributed by atoms with Crippen molar-refractivity contribution in [3.05, 3.63) is 0 Å². The maximum atomic E-state index is 8.74. The zero-order valence-electron chi connectivity index (χ0n) is 9.02. The predicted octanol–water partition coefficient (Wildman–Crippen LogP) is 0.862. The van der Waals surface area contributed by atoms with E-state index in [1.54, 1.807) is 0 Å². The van der Waals surface area contributed by atoms with Gasteiger partial charge in [0.1, 0.15) is 0 Å². The van der Waals surface area contributed by atoms with Gasteiger partial charge in [-0.1, -0.05) is 39.0 Å². The largest absolute Gasteiger partial charge is 0.412 e. The van der Waals surface area contributed by atoms with Crippen molar-refractivity contribution in [2.24, 2.45) is 0 Å². The fourth-order valence-corrected chi connectivity index (χ4v) is 0.892. The summed E-state index contributed by atoms with van der Waals surface area (Å²) in [5.41, 5.74) is 0. The SMILES string of the molecule is CCCCCCCCO.O.O=S(=O)(O)O. The van der Waals surface area contributed by atoms with Crippen molar-refractivity contribution in [1.29, 1.82) is 0 Å². The molecule has 0 saturated carbocycles. The van der Waals surface area contributed by atoms with Crippen molar-refractivity contribution in [2.45, 2.75) is 45.4 Å². The van der Waals surface area contributed by atoms with Gasteiger partial charge in [0, 0.05) is 6.61 Å². The highest BCUT2D eigenvalue weighted by Gasteiger charge is 1.86. The molecule has 5 N–H and O–H groups in total. The fourth-order valence-electron chi connectivity index (χ4n) is 0.892. The quantitative estimate of drug-likeness (QED) is 0.473. The lowest BCUT2D eigenvalue weighted by atomic mass is 10.1. The topological polar surface area (TPSA) is 126 Å². The first-order chi connectivity index (χ1) is 6.41. The highest BCUT2D eigenvalue weighted by Crippen LogP contribution is 2.03. The van der Waals surface area contributed by atoms with Crippen LogP contribution in [0.2, 0.25) is 0 Å². The lowest BCUT2D eigenvalue weighted by Crippen LogP contribution is -1.89. The van der Waals surface area contributed by atoms with Crippen molar-refractivity contribution in [3.8, 4) is 0 Å². The van der Waals surface area contributed by atoms with Crippen LogP contribution in [0.4, 0.5) is 0 Å². The first kappa shape index (κ1) is 20.2. The van der Waals surface area contributed by atoms with E-state index in [4.69, 9.17) is 22.6 Å². The third kappa shape index (κ3) is 57.2. The molecule has 96 valence electrons. The number of hydrogen-bond donors (Lipinski definition) is 3. The molecule has 0 aromatic rings. The highest BCUT2D eigenvalue weighted by molar-refractivity contribution is 7.79. The number of unbranched alkanes of at least 4 members (excludes halogenated alkanes) is 5. The molecular weight excluding hydrogens is 224 g/mol. The molecule has 6 nitrogen and oxygen atoms in total. The second-order valence-corrected chi connectivity index (χ2v) is 3.83. The third-order valence-electron chi connectivity index (χ3n) is 1.51. The Balaban J connectivity index is -0.000000208. The minimum atomic E-state index is -4.67. The van der Waals surface area contributed by atoms with E-state index in [2.05, 4.69) is 6.92 Å². The van der Waals surface area contributed by atoms with Gasteiger partial charge in [0.05, 0.1) is 0 Å². The normalized spacial score (nSPS) is 9.87. The standard InChI is InChI=1S/C8H18O.H2O4S.H2O/c1-2-3-4-5-6-7-8-9;1-5(2,3)4;/h9H,2-8H2,1H3;(H2,1,2,3,4);1H2. The minimum absolute atomic E-state index is 0. The van der Waals surface area contributed by atoms with Crippen LogP contribution in [0.25, 0.3) is 0 Å². The van der Waals surface area contributed by atoms with Gasteiger partial charge in [0.2, 0.25) is 0 Å². The Hall–Kier alpha value is -0.210. The number of aliphatic hydroxyl groups is 1. The lowest BCUT2D eigenvalue weighted by molar-refractivity contribution is 0.282. The van der Waals surface area contributed by atoms with Crippen LogP contribution in [-0.2, 0) is 10.4 Å². The van der Waals surface area contributed by atoms with Crippen LogP contribution >= 0.6 is 0 Å². The smallest absolute Gasteiger partial charge is 0.394 e. The maximum absolute atomic E-state index is 8.74.